The summed E-state index contributed by atoms with van der Waals surface area (Å²) in [5.41, 5.74) is 3.58. The van der Waals surface area contributed by atoms with Crippen LogP contribution < -0.4 is 5.56 Å². The number of aromatic nitrogens is 5. The van der Waals surface area contributed by atoms with E-state index in [1.165, 1.54) is 22.4 Å². The first-order chi connectivity index (χ1) is 12.5. The molecule has 0 saturated heterocycles. The summed E-state index contributed by atoms with van der Waals surface area (Å²) in [6.07, 6.45) is 3.03. The molecule has 0 amide bonds. The van der Waals surface area contributed by atoms with Crippen molar-refractivity contribution in [2.45, 2.75) is 13.8 Å². The van der Waals surface area contributed by atoms with E-state index in [-0.39, 0.29) is 22.3 Å². The summed E-state index contributed by atoms with van der Waals surface area (Å²) < 4.78 is 7.67. The van der Waals surface area contributed by atoms with Gasteiger partial charge in [0.1, 0.15) is 11.1 Å². The number of nitrogens with zero attached hydrogens (tertiary/aromatic N) is 5. The van der Waals surface area contributed by atoms with Crippen molar-refractivity contribution in [2.75, 3.05) is 7.11 Å². The molecule has 0 fully saturated rings. The van der Waals surface area contributed by atoms with Crippen LogP contribution in [0.4, 0.5) is 0 Å². The maximum absolute atomic E-state index is 13.0. The molecule has 8 nitrogen and oxygen atoms in total. The zero-order valence-electron chi connectivity index (χ0n) is 14.4. The molecule has 0 unspecified atom stereocenters. The second kappa shape index (κ2) is 5.76. The van der Waals surface area contributed by atoms with Crippen molar-refractivity contribution in [3.05, 3.63) is 63.7 Å². The molecule has 0 radical (unpaired) electrons. The van der Waals surface area contributed by atoms with Gasteiger partial charge in [0, 0.05) is 6.20 Å². The molecule has 0 aliphatic carbocycles. The predicted molar refractivity (Wildman–Crippen MR) is 94.7 cm³/mol. The zero-order chi connectivity index (χ0) is 18.4. The van der Waals surface area contributed by atoms with E-state index >= 15 is 0 Å². The molecule has 4 rings (SSSR count). The van der Waals surface area contributed by atoms with Gasteiger partial charge in [0.25, 0.3) is 5.56 Å². The summed E-state index contributed by atoms with van der Waals surface area (Å²) in [6.45, 7) is 3.91. The molecule has 8 heteroatoms. The molecule has 0 atom stereocenters. The number of pyridine rings is 1. The molecule has 0 saturated carbocycles. The van der Waals surface area contributed by atoms with Gasteiger partial charge in [0.2, 0.25) is 0 Å². The van der Waals surface area contributed by atoms with Crippen LogP contribution in [0.5, 0.6) is 0 Å². The quantitative estimate of drug-likeness (QED) is 0.513. The average molecular weight is 349 g/mol. The number of esters is 1. The van der Waals surface area contributed by atoms with Crippen LogP contribution in [-0.2, 0) is 4.74 Å². The first-order valence-corrected chi connectivity index (χ1v) is 7.93. The minimum atomic E-state index is -0.558. The summed E-state index contributed by atoms with van der Waals surface area (Å²) in [7, 11) is 1.28. The van der Waals surface area contributed by atoms with E-state index in [1.807, 2.05) is 32.0 Å². The van der Waals surface area contributed by atoms with Crippen molar-refractivity contribution in [2.24, 2.45) is 0 Å². The van der Waals surface area contributed by atoms with E-state index in [2.05, 4.69) is 15.3 Å². The summed E-state index contributed by atoms with van der Waals surface area (Å²) in [5.74, 6) is -0.558. The topological polar surface area (TPSA) is 91.4 Å². The highest BCUT2D eigenvalue weighted by atomic mass is 16.5. The summed E-state index contributed by atoms with van der Waals surface area (Å²) in [5, 5.41) is 12.2. The van der Waals surface area contributed by atoms with Crippen molar-refractivity contribution in [1.29, 1.82) is 0 Å². The van der Waals surface area contributed by atoms with Gasteiger partial charge in [-0.25, -0.2) is 9.31 Å². The monoisotopic (exact) mass is 349 g/mol. The van der Waals surface area contributed by atoms with E-state index < -0.39 is 5.97 Å². The number of fused-ring (bicyclic) bond motifs is 3. The maximum atomic E-state index is 13.0. The second-order valence-electron chi connectivity index (χ2n) is 6.00. The fraction of sp³-hybridized carbons (Fsp3) is 0.167. The number of ether oxygens (including phenoxy) is 1. The lowest BCUT2D eigenvalue weighted by atomic mass is 10.1. The normalized spacial score (nSPS) is 11.2. The predicted octanol–water partition coefficient (Wildman–Crippen LogP) is 1.83. The first kappa shape index (κ1) is 15.9. The van der Waals surface area contributed by atoms with Crippen LogP contribution in [0.2, 0.25) is 0 Å². The van der Waals surface area contributed by atoms with Gasteiger partial charge in [-0.05, 0) is 37.1 Å². The Morgan fingerprint density at radius 3 is 2.73 bits per heavy atom. The summed E-state index contributed by atoms with van der Waals surface area (Å²) in [4.78, 5) is 24.8. The van der Waals surface area contributed by atoms with Crippen molar-refractivity contribution >= 4 is 22.6 Å². The molecule has 0 aliphatic heterocycles. The Morgan fingerprint density at radius 1 is 1.15 bits per heavy atom. The summed E-state index contributed by atoms with van der Waals surface area (Å²) >= 11 is 0. The molecule has 0 aliphatic rings. The third-order valence-electron chi connectivity index (χ3n) is 4.29. The molecule has 0 N–H and O–H groups in total. The Balaban J connectivity index is 2.00. The number of benzene rings is 1. The van der Waals surface area contributed by atoms with Crippen LogP contribution in [0.3, 0.4) is 0 Å². The minimum Gasteiger partial charge on any atom is -0.465 e. The van der Waals surface area contributed by atoms with Gasteiger partial charge in [-0.2, -0.15) is 5.10 Å². The van der Waals surface area contributed by atoms with Crippen LogP contribution >= 0.6 is 0 Å². The molecule has 0 spiro atoms. The standard InChI is InChI=1S/C18H15N5O3/c1-10-4-5-11(2)14(8-10)22-7-6-13-15(17(22)24)20-21-16-12(18(25)26-3)9-19-23(13)16/h4-9H,1-3H3. The van der Waals surface area contributed by atoms with E-state index in [9.17, 15) is 9.59 Å². The third-order valence-corrected chi connectivity index (χ3v) is 4.29. The van der Waals surface area contributed by atoms with Crippen molar-refractivity contribution in [3.63, 3.8) is 0 Å². The van der Waals surface area contributed by atoms with Gasteiger partial charge < -0.3 is 4.74 Å². The number of rotatable bonds is 2. The van der Waals surface area contributed by atoms with Crippen LogP contribution in [0, 0.1) is 13.8 Å². The van der Waals surface area contributed by atoms with E-state index in [4.69, 9.17) is 4.74 Å². The van der Waals surface area contributed by atoms with Crippen molar-refractivity contribution < 1.29 is 9.53 Å². The molecule has 3 heterocycles. The Hall–Kier alpha value is -3.55. The maximum Gasteiger partial charge on any atom is 0.343 e. The highest BCUT2D eigenvalue weighted by Gasteiger charge is 2.18. The van der Waals surface area contributed by atoms with Gasteiger partial charge >= 0.3 is 5.97 Å². The van der Waals surface area contributed by atoms with Crippen LogP contribution in [0.1, 0.15) is 21.5 Å². The van der Waals surface area contributed by atoms with Crippen LogP contribution in [0.15, 0.2) is 41.5 Å². The smallest absolute Gasteiger partial charge is 0.343 e. The zero-order valence-corrected chi connectivity index (χ0v) is 14.4. The van der Waals surface area contributed by atoms with E-state index in [1.54, 1.807) is 12.3 Å². The Morgan fingerprint density at radius 2 is 1.96 bits per heavy atom. The SMILES string of the molecule is COC(=O)c1cnn2c1nnc1c(=O)n(-c3cc(C)ccc3C)ccc12. The third kappa shape index (κ3) is 2.26. The van der Waals surface area contributed by atoms with Gasteiger partial charge in [0.05, 0.1) is 19.0 Å². The largest absolute Gasteiger partial charge is 0.465 e. The fourth-order valence-corrected chi connectivity index (χ4v) is 2.91. The van der Waals surface area contributed by atoms with Crippen LogP contribution in [0.25, 0.3) is 22.4 Å². The summed E-state index contributed by atoms with van der Waals surface area (Å²) in [6, 6.07) is 7.63. The van der Waals surface area contributed by atoms with Gasteiger partial charge in [-0.15, -0.1) is 10.2 Å². The van der Waals surface area contributed by atoms with Crippen molar-refractivity contribution in [1.82, 2.24) is 24.4 Å². The van der Waals surface area contributed by atoms with Crippen LogP contribution in [-0.4, -0.2) is 37.5 Å². The molecular formula is C18H15N5O3. The highest BCUT2D eigenvalue weighted by Crippen LogP contribution is 2.17. The van der Waals surface area contributed by atoms with Crippen molar-refractivity contribution in [3.8, 4) is 5.69 Å². The van der Waals surface area contributed by atoms with Gasteiger partial charge in [-0.3, -0.25) is 9.36 Å². The minimum absolute atomic E-state index is 0.167. The molecular weight excluding hydrogens is 334 g/mol. The average Bonchev–Trinajstić information content (AvgIpc) is 3.08. The molecule has 0 bridgehead atoms. The van der Waals surface area contributed by atoms with Gasteiger partial charge in [0.15, 0.2) is 11.2 Å². The van der Waals surface area contributed by atoms with E-state index in [0.717, 1.165) is 16.8 Å². The number of hydrogen-bond donors (Lipinski definition) is 0. The molecule has 1 aromatic carbocycles. The lowest BCUT2D eigenvalue weighted by Crippen LogP contribution is -2.21. The Bertz CT molecular complexity index is 1240. The Labute approximate surface area is 147 Å². The molecule has 3 aromatic heterocycles. The molecule has 4 aromatic rings. The number of carbonyl (C=O) groups excluding carboxylic acids is 1. The lowest BCUT2D eigenvalue weighted by molar-refractivity contribution is 0.0602. The molecule has 130 valence electrons. The fourth-order valence-electron chi connectivity index (χ4n) is 2.91. The molecule has 26 heavy (non-hydrogen) atoms. The Kier molecular flexibility index (Phi) is 3.54. The van der Waals surface area contributed by atoms with Gasteiger partial charge in [-0.1, -0.05) is 12.1 Å². The number of methoxy groups -OCH3 is 1. The number of aryl methyl sites for hydroxylation is 2. The van der Waals surface area contributed by atoms with E-state index in [0.29, 0.717) is 5.52 Å². The first-order valence-electron chi connectivity index (χ1n) is 7.93. The number of carbonyl (C=O) groups is 1. The second-order valence-corrected chi connectivity index (χ2v) is 6.00. The lowest BCUT2D eigenvalue weighted by Gasteiger charge is -2.11. The number of hydrogen-bond acceptors (Lipinski definition) is 6. The highest BCUT2D eigenvalue weighted by molar-refractivity contribution is 5.96.